The highest BCUT2D eigenvalue weighted by atomic mass is 32.1. The van der Waals surface area contributed by atoms with E-state index in [1.165, 1.54) is 0 Å². The molecule has 1 aromatic rings. The molecule has 1 rings (SSSR count). The number of aromatic nitrogens is 2. The summed E-state index contributed by atoms with van der Waals surface area (Å²) in [7, 11) is 0. The summed E-state index contributed by atoms with van der Waals surface area (Å²) in [6.07, 6.45) is -3.58. The number of hydrogen-bond donors (Lipinski definition) is 1. The van der Waals surface area contributed by atoms with Crippen molar-refractivity contribution in [2.75, 3.05) is 5.32 Å². The maximum Gasteiger partial charge on any atom is 0.445 e. The van der Waals surface area contributed by atoms with Crippen LogP contribution < -0.4 is 5.32 Å². The van der Waals surface area contributed by atoms with E-state index in [9.17, 15) is 13.2 Å². The van der Waals surface area contributed by atoms with Gasteiger partial charge in [-0.25, -0.2) is 0 Å². The number of anilines is 1. The SMILES string of the molecule is CCC(C)Nc1nnc(C(F)(F)F)s1. The lowest BCUT2D eigenvalue weighted by Crippen LogP contribution is -2.12. The summed E-state index contributed by atoms with van der Waals surface area (Å²) in [6, 6.07) is 0.101. The third-order valence-corrected chi connectivity index (χ3v) is 2.55. The van der Waals surface area contributed by atoms with Crippen LogP contribution in [0.4, 0.5) is 18.3 Å². The Morgan fingerprint density at radius 1 is 1.43 bits per heavy atom. The lowest BCUT2D eigenvalue weighted by atomic mass is 10.3. The van der Waals surface area contributed by atoms with Gasteiger partial charge in [0.2, 0.25) is 10.1 Å². The quantitative estimate of drug-likeness (QED) is 0.859. The number of alkyl halides is 3. The lowest BCUT2D eigenvalue weighted by molar-refractivity contribution is -0.138. The van der Waals surface area contributed by atoms with Crippen molar-refractivity contribution in [1.82, 2.24) is 10.2 Å². The van der Waals surface area contributed by atoms with Crippen molar-refractivity contribution in [3.05, 3.63) is 5.01 Å². The second-order valence-electron chi connectivity index (χ2n) is 2.86. The standard InChI is InChI=1S/C7H10F3N3S/c1-3-4(2)11-6-13-12-5(14-6)7(8,9)10/h4H,3H2,1-2H3,(H,11,13). The Balaban J connectivity index is 2.69. The summed E-state index contributed by atoms with van der Waals surface area (Å²) < 4.78 is 36.3. The van der Waals surface area contributed by atoms with Crippen LogP contribution in [0.1, 0.15) is 25.3 Å². The van der Waals surface area contributed by atoms with Gasteiger partial charge >= 0.3 is 6.18 Å². The number of rotatable bonds is 3. The van der Waals surface area contributed by atoms with Gasteiger partial charge in [-0.05, 0) is 13.3 Å². The average molecular weight is 225 g/mol. The Morgan fingerprint density at radius 2 is 2.07 bits per heavy atom. The monoisotopic (exact) mass is 225 g/mol. The summed E-state index contributed by atoms with van der Waals surface area (Å²) in [5, 5.41) is 8.59. The van der Waals surface area contributed by atoms with Gasteiger partial charge in [-0.2, -0.15) is 13.2 Å². The fraction of sp³-hybridized carbons (Fsp3) is 0.714. The molecule has 0 aliphatic carbocycles. The lowest BCUT2D eigenvalue weighted by Gasteiger charge is -2.07. The van der Waals surface area contributed by atoms with E-state index < -0.39 is 11.2 Å². The summed E-state index contributed by atoms with van der Waals surface area (Å²) in [6.45, 7) is 3.80. The minimum Gasteiger partial charge on any atom is -0.358 e. The summed E-state index contributed by atoms with van der Waals surface area (Å²) in [5.74, 6) is 0. The van der Waals surface area contributed by atoms with Crippen molar-refractivity contribution in [2.45, 2.75) is 32.5 Å². The van der Waals surface area contributed by atoms with E-state index in [1.807, 2.05) is 13.8 Å². The molecule has 0 aliphatic rings. The first-order valence-electron chi connectivity index (χ1n) is 4.10. The number of nitrogens with zero attached hydrogens (tertiary/aromatic N) is 2. The zero-order valence-electron chi connectivity index (χ0n) is 7.72. The van der Waals surface area contributed by atoms with Gasteiger partial charge in [0.15, 0.2) is 0 Å². The summed E-state index contributed by atoms with van der Waals surface area (Å²) >= 11 is 0.525. The van der Waals surface area contributed by atoms with Crippen molar-refractivity contribution in [2.24, 2.45) is 0 Å². The Morgan fingerprint density at radius 3 is 2.50 bits per heavy atom. The minimum atomic E-state index is -4.40. The third-order valence-electron chi connectivity index (χ3n) is 1.65. The number of hydrogen-bond acceptors (Lipinski definition) is 4. The van der Waals surface area contributed by atoms with Crippen LogP contribution in [-0.2, 0) is 6.18 Å². The Hall–Kier alpha value is -0.850. The molecule has 80 valence electrons. The van der Waals surface area contributed by atoms with Gasteiger partial charge in [-0.1, -0.05) is 18.3 Å². The molecule has 0 saturated heterocycles. The molecule has 0 bridgehead atoms. The first kappa shape index (κ1) is 11.2. The highest BCUT2D eigenvalue weighted by molar-refractivity contribution is 7.15. The van der Waals surface area contributed by atoms with Gasteiger partial charge in [0.1, 0.15) is 0 Å². The molecule has 0 aromatic carbocycles. The van der Waals surface area contributed by atoms with E-state index in [-0.39, 0.29) is 11.2 Å². The predicted molar refractivity (Wildman–Crippen MR) is 48.3 cm³/mol. The van der Waals surface area contributed by atoms with Crippen molar-refractivity contribution in [3.8, 4) is 0 Å². The Labute approximate surface area is 83.4 Å². The van der Waals surface area contributed by atoms with Crippen molar-refractivity contribution in [1.29, 1.82) is 0 Å². The van der Waals surface area contributed by atoms with Crippen molar-refractivity contribution >= 4 is 16.5 Å². The van der Waals surface area contributed by atoms with Crippen molar-refractivity contribution in [3.63, 3.8) is 0 Å². The molecular formula is C7H10F3N3S. The molecule has 0 radical (unpaired) electrons. The van der Waals surface area contributed by atoms with Crippen LogP contribution in [-0.4, -0.2) is 16.2 Å². The Bertz CT molecular complexity index is 297. The van der Waals surface area contributed by atoms with Gasteiger partial charge in [-0.15, -0.1) is 10.2 Å². The molecule has 1 heterocycles. The molecule has 0 aliphatic heterocycles. The number of halogens is 3. The summed E-state index contributed by atoms with van der Waals surface area (Å²) in [5.41, 5.74) is 0. The number of nitrogens with one attached hydrogen (secondary N) is 1. The largest absolute Gasteiger partial charge is 0.445 e. The van der Waals surface area contributed by atoms with Gasteiger partial charge in [0.25, 0.3) is 0 Å². The summed E-state index contributed by atoms with van der Waals surface area (Å²) in [4.78, 5) is 0. The fourth-order valence-corrected chi connectivity index (χ4v) is 1.43. The molecule has 0 fully saturated rings. The molecule has 7 heteroatoms. The Kier molecular flexibility index (Phi) is 3.30. The van der Waals surface area contributed by atoms with Crippen LogP contribution in [0.2, 0.25) is 0 Å². The smallest absolute Gasteiger partial charge is 0.358 e. The van der Waals surface area contributed by atoms with Crippen LogP contribution in [0.25, 0.3) is 0 Å². The molecule has 14 heavy (non-hydrogen) atoms. The van der Waals surface area contributed by atoms with E-state index in [0.29, 0.717) is 11.3 Å². The highest BCUT2D eigenvalue weighted by Gasteiger charge is 2.35. The van der Waals surface area contributed by atoms with Crippen LogP contribution in [0.15, 0.2) is 0 Å². The maximum absolute atomic E-state index is 12.1. The van der Waals surface area contributed by atoms with E-state index in [2.05, 4.69) is 15.5 Å². The van der Waals surface area contributed by atoms with Gasteiger partial charge in [0.05, 0.1) is 0 Å². The molecule has 0 amide bonds. The maximum atomic E-state index is 12.1. The zero-order valence-corrected chi connectivity index (χ0v) is 8.54. The zero-order chi connectivity index (χ0) is 10.8. The van der Waals surface area contributed by atoms with Gasteiger partial charge in [-0.3, -0.25) is 0 Å². The van der Waals surface area contributed by atoms with Gasteiger partial charge in [0, 0.05) is 6.04 Å². The highest BCUT2D eigenvalue weighted by Crippen LogP contribution is 2.33. The molecular weight excluding hydrogens is 215 g/mol. The topological polar surface area (TPSA) is 37.8 Å². The molecule has 1 N–H and O–H groups in total. The van der Waals surface area contributed by atoms with Gasteiger partial charge < -0.3 is 5.32 Å². The van der Waals surface area contributed by atoms with E-state index >= 15 is 0 Å². The van der Waals surface area contributed by atoms with E-state index in [1.54, 1.807) is 0 Å². The van der Waals surface area contributed by atoms with Crippen LogP contribution in [0, 0.1) is 0 Å². The van der Waals surface area contributed by atoms with E-state index in [4.69, 9.17) is 0 Å². The molecule has 1 atom stereocenters. The average Bonchev–Trinajstić information content (AvgIpc) is 2.51. The molecule has 0 spiro atoms. The molecule has 1 aromatic heterocycles. The second kappa shape index (κ2) is 4.12. The molecule has 0 saturated carbocycles. The first-order chi connectivity index (χ1) is 6.43. The van der Waals surface area contributed by atoms with Crippen LogP contribution >= 0.6 is 11.3 Å². The molecule has 1 unspecified atom stereocenters. The second-order valence-corrected chi connectivity index (χ2v) is 3.84. The minimum absolute atomic E-state index is 0.101. The predicted octanol–water partition coefficient (Wildman–Crippen LogP) is 2.77. The third kappa shape index (κ3) is 2.83. The van der Waals surface area contributed by atoms with Crippen molar-refractivity contribution < 1.29 is 13.2 Å². The first-order valence-corrected chi connectivity index (χ1v) is 4.92. The normalized spacial score (nSPS) is 14.1. The van der Waals surface area contributed by atoms with Crippen LogP contribution in [0.3, 0.4) is 0 Å². The molecule has 3 nitrogen and oxygen atoms in total. The fourth-order valence-electron chi connectivity index (χ4n) is 0.709. The van der Waals surface area contributed by atoms with Crippen LogP contribution in [0.5, 0.6) is 0 Å². The van der Waals surface area contributed by atoms with E-state index in [0.717, 1.165) is 6.42 Å².